The van der Waals surface area contributed by atoms with Crippen LogP contribution in [0.5, 0.6) is 11.5 Å². The molecule has 0 spiro atoms. The highest BCUT2D eigenvalue weighted by atomic mass is 19.4. The molecule has 0 radical (unpaired) electrons. The van der Waals surface area contributed by atoms with Gasteiger partial charge in [-0.2, -0.15) is 13.2 Å². The van der Waals surface area contributed by atoms with E-state index in [1.807, 2.05) is 0 Å². The summed E-state index contributed by atoms with van der Waals surface area (Å²) in [7, 11) is 0. The molecule has 1 aromatic carbocycles. The molecular formula is C13H7F6NO3. The fourth-order valence-electron chi connectivity index (χ4n) is 1.80. The molecule has 10 heteroatoms. The Bertz CT molecular complexity index is 761. The number of benzene rings is 1. The quantitative estimate of drug-likeness (QED) is 0.821. The lowest BCUT2D eigenvalue weighted by molar-refractivity contribution is -0.274. The van der Waals surface area contributed by atoms with Crippen LogP contribution in [-0.2, 0) is 6.18 Å². The molecular weight excluding hydrogens is 332 g/mol. The number of nitrogens with one attached hydrogen (secondary N) is 1. The Hall–Kier alpha value is -2.65. The van der Waals surface area contributed by atoms with Crippen LogP contribution in [0.25, 0.3) is 11.1 Å². The van der Waals surface area contributed by atoms with E-state index in [0.29, 0.717) is 6.07 Å². The second-order valence-corrected chi connectivity index (χ2v) is 4.34. The molecule has 0 aliphatic rings. The number of hydrogen-bond acceptors (Lipinski definition) is 3. The average Bonchev–Trinajstić information content (AvgIpc) is 2.37. The Morgan fingerprint density at radius 1 is 1.00 bits per heavy atom. The van der Waals surface area contributed by atoms with E-state index in [2.05, 4.69) is 4.74 Å². The third kappa shape index (κ3) is 3.96. The van der Waals surface area contributed by atoms with Crippen molar-refractivity contribution in [1.82, 2.24) is 4.98 Å². The topological polar surface area (TPSA) is 62.3 Å². The largest absolute Gasteiger partial charge is 0.573 e. The second-order valence-electron chi connectivity index (χ2n) is 4.34. The Balaban J connectivity index is 2.41. The summed E-state index contributed by atoms with van der Waals surface area (Å²) < 4.78 is 77.2. The number of halogens is 6. The van der Waals surface area contributed by atoms with Gasteiger partial charge >= 0.3 is 12.5 Å². The fraction of sp³-hybridized carbons (Fsp3) is 0.154. The summed E-state index contributed by atoms with van der Waals surface area (Å²) in [6.07, 6.45) is -9.77. The molecule has 124 valence electrons. The van der Waals surface area contributed by atoms with Gasteiger partial charge in [0.1, 0.15) is 17.2 Å². The molecule has 23 heavy (non-hydrogen) atoms. The van der Waals surface area contributed by atoms with Crippen molar-refractivity contribution in [2.75, 3.05) is 0 Å². The Morgan fingerprint density at radius 2 is 1.57 bits per heavy atom. The van der Waals surface area contributed by atoms with Crippen molar-refractivity contribution in [2.45, 2.75) is 12.5 Å². The first-order valence-electron chi connectivity index (χ1n) is 5.87. The molecule has 0 fully saturated rings. The van der Waals surface area contributed by atoms with Crippen LogP contribution in [0.1, 0.15) is 5.69 Å². The molecule has 0 saturated heterocycles. The molecule has 0 amide bonds. The highest BCUT2D eigenvalue weighted by molar-refractivity contribution is 5.69. The van der Waals surface area contributed by atoms with Gasteiger partial charge in [0.15, 0.2) is 0 Å². The van der Waals surface area contributed by atoms with Crippen molar-refractivity contribution in [1.29, 1.82) is 0 Å². The molecule has 0 bridgehead atoms. The zero-order valence-corrected chi connectivity index (χ0v) is 10.9. The minimum Gasteiger partial charge on any atom is -0.507 e. The third-order valence-electron chi connectivity index (χ3n) is 2.69. The normalized spacial score (nSPS) is 12.3. The van der Waals surface area contributed by atoms with Crippen LogP contribution in [0.2, 0.25) is 0 Å². The molecule has 0 atom stereocenters. The van der Waals surface area contributed by atoms with Gasteiger partial charge in [-0.15, -0.1) is 13.2 Å². The predicted molar refractivity (Wildman–Crippen MR) is 65.8 cm³/mol. The lowest BCUT2D eigenvalue weighted by Crippen LogP contribution is -2.18. The molecule has 0 unspecified atom stereocenters. The summed E-state index contributed by atoms with van der Waals surface area (Å²) >= 11 is 0. The van der Waals surface area contributed by atoms with Gasteiger partial charge in [-0.25, -0.2) is 0 Å². The second kappa shape index (κ2) is 5.52. The van der Waals surface area contributed by atoms with Gasteiger partial charge in [-0.05, 0) is 17.7 Å². The minimum absolute atomic E-state index is 0.0769. The molecule has 1 aromatic heterocycles. The van der Waals surface area contributed by atoms with Crippen LogP contribution in [0.15, 0.2) is 35.1 Å². The number of rotatable bonds is 2. The number of alkyl halides is 6. The number of pyridine rings is 1. The average molecular weight is 339 g/mol. The Kier molecular flexibility index (Phi) is 4.01. The molecule has 2 rings (SSSR count). The van der Waals surface area contributed by atoms with E-state index in [9.17, 15) is 36.2 Å². The van der Waals surface area contributed by atoms with Crippen molar-refractivity contribution >= 4 is 0 Å². The summed E-state index contributed by atoms with van der Waals surface area (Å²) in [6, 6.07) is 4.03. The lowest BCUT2D eigenvalue weighted by Gasteiger charge is -2.11. The summed E-state index contributed by atoms with van der Waals surface area (Å²) in [5, 5.41) is 9.61. The monoisotopic (exact) mass is 339 g/mol. The van der Waals surface area contributed by atoms with E-state index in [-0.39, 0.29) is 5.56 Å². The summed E-state index contributed by atoms with van der Waals surface area (Å²) in [4.78, 5) is 13.3. The molecule has 1 heterocycles. The maximum Gasteiger partial charge on any atom is 0.573 e. The van der Waals surface area contributed by atoms with Crippen LogP contribution < -0.4 is 10.3 Å². The summed E-state index contributed by atoms with van der Waals surface area (Å²) in [5.41, 5.74) is -3.26. The number of aromatic hydroxyl groups is 1. The van der Waals surface area contributed by atoms with E-state index < -0.39 is 40.9 Å². The molecule has 4 nitrogen and oxygen atoms in total. The molecule has 0 saturated carbocycles. The number of ether oxygens (including phenoxy) is 1. The van der Waals surface area contributed by atoms with Crippen molar-refractivity contribution in [3.05, 3.63) is 46.4 Å². The van der Waals surface area contributed by atoms with E-state index in [0.717, 1.165) is 24.3 Å². The summed E-state index contributed by atoms with van der Waals surface area (Å²) in [5.74, 6) is -1.53. The molecule has 2 aromatic rings. The smallest absolute Gasteiger partial charge is 0.507 e. The Labute approximate surface area is 124 Å². The number of aromatic amines is 1. The highest BCUT2D eigenvalue weighted by Gasteiger charge is 2.33. The van der Waals surface area contributed by atoms with Crippen LogP contribution in [0.4, 0.5) is 26.3 Å². The van der Waals surface area contributed by atoms with Crippen molar-refractivity contribution in [3.63, 3.8) is 0 Å². The summed E-state index contributed by atoms with van der Waals surface area (Å²) in [6.45, 7) is 0. The van der Waals surface area contributed by atoms with E-state index in [1.165, 1.54) is 0 Å². The lowest BCUT2D eigenvalue weighted by atomic mass is 10.1. The van der Waals surface area contributed by atoms with E-state index in [1.54, 1.807) is 4.98 Å². The van der Waals surface area contributed by atoms with Gasteiger partial charge in [-0.1, -0.05) is 12.1 Å². The van der Waals surface area contributed by atoms with Crippen LogP contribution in [0, 0.1) is 0 Å². The van der Waals surface area contributed by atoms with Crippen LogP contribution >= 0.6 is 0 Å². The number of aromatic nitrogens is 1. The molecule has 0 aliphatic carbocycles. The van der Waals surface area contributed by atoms with Gasteiger partial charge < -0.3 is 14.8 Å². The van der Waals surface area contributed by atoms with Crippen LogP contribution in [-0.4, -0.2) is 16.5 Å². The van der Waals surface area contributed by atoms with Crippen molar-refractivity contribution < 1.29 is 36.2 Å². The van der Waals surface area contributed by atoms with Gasteiger partial charge in [0.05, 0.1) is 5.56 Å². The molecule has 0 aliphatic heterocycles. The first-order chi connectivity index (χ1) is 10.5. The maximum absolute atomic E-state index is 12.5. The standard InChI is InChI=1S/C13H7F6NO3/c14-12(15,16)9-5-8(21)10(11(22)20-9)6-1-3-7(4-2-6)23-13(17,18)19/h1-5H,(H2,20,21,22). The predicted octanol–water partition coefficient (Wildman–Crippen LogP) is 3.66. The van der Waals surface area contributed by atoms with Crippen LogP contribution in [0.3, 0.4) is 0 Å². The number of hydrogen-bond donors (Lipinski definition) is 2. The Morgan fingerprint density at radius 3 is 2.00 bits per heavy atom. The first kappa shape index (κ1) is 16.7. The van der Waals surface area contributed by atoms with Gasteiger partial charge in [0.25, 0.3) is 5.56 Å². The first-order valence-corrected chi connectivity index (χ1v) is 5.87. The maximum atomic E-state index is 12.5. The SMILES string of the molecule is O=c1[nH]c(C(F)(F)F)cc(O)c1-c1ccc(OC(F)(F)F)cc1. The number of H-pyrrole nitrogens is 1. The van der Waals surface area contributed by atoms with E-state index in [4.69, 9.17) is 0 Å². The van der Waals surface area contributed by atoms with Gasteiger partial charge in [-0.3, -0.25) is 4.79 Å². The van der Waals surface area contributed by atoms with Crippen molar-refractivity contribution in [2.24, 2.45) is 0 Å². The zero-order valence-electron chi connectivity index (χ0n) is 10.9. The van der Waals surface area contributed by atoms with E-state index >= 15 is 0 Å². The minimum atomic E-state index is -4.91. The fourth-order valence-corrected chi connectivity index (χ4v) is 1.80. The highest BCUT2D eigenvalue weighted by Crippen LogP contribution is 2.33. The zero-order chi connectivity index (χ0) is 17.4. The van der Waals surface area contributed by atoms with Gasteiger partial charge in [0.2, 0.25) is 0 Å². The molecule has 2 N–H and O–H groups in total. The third-order valence-corrected chi connectivity index (χ3v) is 2.69. The van der Waals surface area contributed by atoms with Crippen molar-refractivity contribution in [3.8, 4) is 22.6 Å². The van der Waals surface area contributed by atoms with Gasteiger partial charge in [0, 0.05) is 6.07 Å².